The maximum Gasteiger partial charge on any atom is 0.211 e. The van der Waals surface area contributed by atoms with Crippen LogP contribution in [0.5, 0.6) is 0 Å². The van der Waals surface area contributed by atoms with Crippen molar-refractivity contribution in [2.45, 2.75) is 0 Å². The molecule has 0 radical (unpaired) electrons. The van der Waals surface area contributed by atoms with Gasteiger partial charge in [-0.05, 0) is 29.3 Å². The molecular formula is C17H17N2+. The summed E-state index contributed by atoms with van der Waals surface area (Å²) >= 11 is 0. The summed E-state index contributed by atoms with van der Waals surface area (Å²) in [6, 6.07) is 19.2. The molecule has 2 nitrogen and oxygen atoms in total. The van der Waals surface area contributed by atoms with Gasteiger partial charge in [0, 0.05) is 44.0 Å². The van der Waals surface area contributed by atoms with E-state index in [2.05, 4.69) is 84.3 Å². The standard InChI is InChI=1S/C17H17N2/c1-18(2)16-8-6-14(7-9-16)15-10-12-19-11-4-3-5-17(19)13-15/h3-13H,1-2H3/q+1. The molecule has 0 N–H and O–H groups in total. The summed E-state index contributed by atoms with van der Waals surface area (Å²) in [5.74, 6) is 0. The second-order valence-corrected chi connectivity index (χ2v) is 4.89. The van der Waals surface area contributed by atoms with Crippen LogP contribution in [-0.4, -0.2) is 14.1 Å². The van der Waals surface area contributed by atoms with Crippen LogP contribution in [0.1, 0.15) is 0 Å². The summed E-state index contributed by atoms with van der Waals surface area (Å²) in [6.45, 7) is 0. The predicted octanol–water partition coefficient (Wildman–Crippen LogP) is 3.16. The number of fused-ring (bicyclic) bond motifs is 1. The van der Waals surface area contributed by atoms with E-state index in [4.69, 9.17) is 0 Å². The second kappa shape index (κ2) is 4.73. The quantitative estimate of drug-likeness (QED) is 0.633. The molecule has 2 heterocycles. The normalized spacial score (nSPS) is 10.6. The SMILES string of the molecule is CN(C)c1ccc(-c2cc[n+]3ccccc3c2)cc1. The number of pyridine rings is 2. The van der Waals surface area contributed by atoms with Gasteiger partial charge in [-0.25, -0.2) is 0 Å². The molecular weight excluding hydrogens is 232 g/mol. The molecule has 0 bridgehead atoms. The zero-order chi connectivity index (χ0) is 13.2. The summed E-state index contributed by atoms with van der Waals surface area (Å²) in [6.07, 6.45) is 4.17. The third-order valence-electron chi connectivity index (χ3n) is 3.36. The van der Waals surface area contributed by atoms with Crippen LogP contribution in [0.25, 0.3) is 16.6 Å². The fraction of sp³-hybridized carbons (Fsp3) is 0.118. The summed E-state index contributed by atoms with van der Waals surface area (Å²) in [4.78, 5) is 2.11. The van der Waals surface area contributed by atoms with Crippen molar-refractivity contribution in [2.75, 3.05) is 19.0 Å². The van der Waals surface area contributed by atoms with E-state index >= 15 is 0 Å². The highest BCUT2D eigenvalue weighted by atomic mass is 15.1. The molecule has 0 unspecified atom stereocenters. The Bertz CT molecular complexity index is 700. The Labute approximate surface area is 113 Å². The molecule has 0 saturated carbocycles. The van der Waals surface area contributed by atoms with E-state index in [0.29, 0.717) is 0 Å². The lowest BCUT2D eigenvalue weighted by Gasteiger charge is -2.12. The topological polar surface area (TPSA) is 7.34 Å². The van der Waals surface area contributed by atoms with Crippen molar-refractivity contribution in [3.63, 3.8) is 0 Å². The van der Waals surface area contributed by atoms with Gasteiger partial charge >= 0.3 is 0 Å². The predicted molar refractivity (Wildman–Crippen MR) is 79.4 cm³/mol. The number of hydrogen-bond acceptors (Lipinski definition) is 1. The van der Waals surface area contributed by atoms with Crippen LogP contribution in [0.15, 0.2) is 67.0 Å². The van der Waals surface area contributed by atoms with E-state index in [9.17, 15) is 0 Å². The van der Waals surface area contributed by atoms with Crippen molar-refractivity contribution in [2.24, 2.45) is 0 Å². The third-order valence-corrected chi connectivity index (χ3v) is 3.36. The van der Waals surface area contributed by atoms with Gasteiger partial charge in [0.05, 0.1) is 0 Å². The Morgan fingerprint density at radius 3 is 2.32 bits per heavy atom. The molecule has 0 aliphatic rings. The highest BCUT2D eigenvalue weighted by Gasteiger charge is 2.04. The Hall–Kier alpha value is -2.35. The van der Waals surface area contributed by atoms with Gasteiger partial charge in [0.15, 0.2) is 12.4 Å². The second-order valence-electron chi connectivity index (χ2n) is 4.89. The fourth-order valence-corrected chi connectivity index (χ4v) is 2.23. The molecule has 19 heavy (non-hydrogen) atoms. The Morgan fingerprint density at radius 1 is 0.789 bits per heavy atom. The maximum absolute atomic E-state index is 2.21. The van der Waals surface area contributed by atoms with Crippen LogP contribution < -0.4 is 9.30 Å². The number of nitrogens with zero attached hydrogens (tertiary/aromatic N) is 2. The molecule has 0 amide bonds. The van der Waals surface area contributed by atoms with Crippen molar-refractivity contribution in [3.05, 3.63) is 67.0 Å². The highest BCUT2D eigenvalue weighted by molar-refractivity contribution is 5.68. The molecule has 0 saturated heterocycles. The fourth-order valence-electron chi connectivity index (χ4n) is 2.23. The first-order chi connectivity index (χ1) is 9.24. The van der Waals surface area contributed by atoms with Crippen LogP contribution >= 0.6 is 0 Å². The van der Waals surface area contributed by atoms with Crippen molar-refractivity contribution in [1.29, 1.82) is 0 Å². The van der Waals surface area contributed by atoms with Gasteiger partial charge in [-0.3, -0.25) is 0 Å². The highest BCUT2D eigenvalue weighted by Crippen LogP contribution is 2.22. The molecule has 1 aromatic carbocycles. The van der Waals surface area contributed by atoms with Crippen molar-refractivity contribution in [3.8, 4) is 11.1 Å². The van der Waals surface area contributed by atoms with Gasteiger partial charge in [0.1, 0.15) is 0 Å². The first-order valence-corrected chi connectivity index (χ1v) is 6.42. The molecule has 94 valence electrons. The minimum atomic E-state index is 1.21. The van der Waals surface area contributed by atoms with Gasteiger partial charge in [0.25, 0.3) is 0 Å². The first-order valence-electron chi connectivity index (χ1n) is 6.42. The van der Waals surface area contributed by atoms with Crippen LogP contribution in [0.3, 0.4) is 0 Å². The monoisotopic (exact) mass is 249 g/mol. The lowest BCUT2D eigenvalue weighted by Crippen LogP contribution is -2.19. The molecule has 3 rings (SSSR count). The summed E-state index contributed by atoms with van der Waals surface area (Å²) in [5.41, 5.74) is 4.92. The summed E-state index contributed by atoms with van der Waals surface area (Å²) < 4.78 is 2.12. The smallest absolute Gasteiger partial charge is 0.211 e. The Kier molecular flexibility index (Phi) is 2.92. The number of aromatic nitrogens is 1. The van der Waals surface area contributed by atoms with Crippen LogP contribution in [-0.2, 0) is 0 Å². The van der Waals surface area contributed by atoms with Gasteiger partial charge in [-0.2, -0.15) is 4.40 Å². The molecule has 3 aromatic rings. The Morgan fingerprint density at radius 2 is 1.58 bits per heavy atom. The number of benzene rings is 1. The van der Waals surface area contributed by atoms with Crippen LogP contribution in [0, 0.1) is 0 Å². The molecule has 2 aromatic heterocycles. The van der Waals surface area contributed by atoms with Gasteiger partial charge in [-0.1, -0.05) is 12.1 Å². The zero-order valence-corrected chi connectivity index (χ0v) is 11.2. The summed E-state index contributed by atoms with van der Waals surface area (Å²) in [7, 11) is 4.11. The number of rotatable bonds is 2. The average molecular weight is 249 g/mol. The van der Waals surface area contributed by atoms with E-state index in [1.165, 1.54) is 22.3 Å². The molecule has 0 atom stereocenters. The number of anilines is 1. The van der Waals surface area contributed by atoms with Gasteiger partial charge in [-0.15, -0.1) is 0 Å². The largest absolute Gasteiger partial charge is 0.378 e. The van der Waals surface area contributed by atoms with Crippen molar-refractivity contribution in [1.82, 2.24) is 0 Å². The summed E-state index contributed by atoms with van der Waals surface area (Å²) in [5, 5.41) is 0. The zero-order valence-electron chi connectivity index (χ0n) is 11.2. The molecule has 2 heteroatoms. The molecule has 0 spiro atoms. The molecule has 0 aliphatic heterocycles. The van der Waals surface area contributed by atoms with Crippen molar-refractivity contribution >= 4 is 11.2 Å². The first kappa shape index (κ1) is 11.7. The van der Waals surface area contributed by atoms with E-state index in [-0.39, 0.29) is 0 Å². The van der Waals surface area contributed by atoms with E-state index in [1.54, 1.807) is 0 Å². The van der Waals surface area contributed by atoms with Crippen molar-refractivity contribution < 1.29 is 4.40 Å². The van der Waals surface area contributed by atoms with Crippen LogP contribution in [0.2, 0.25) is 0 Å². The van der Waals surface area contributed by atoms with E-state index in [1.807, 2.05) is 6.07 Å². The third kappa shape index (κ3) is 2.29. The van der Waals surface area contributed by atoms with E-state index < -0.39 is 0 Å². The molecule has 0 fully saturated rings. The Balaban J connectivity index is 2.03. The minimum Gasteiger partial charge on any atom is -0.378 e. The van der Waals surface area contributed by atoms with Gasteiger partial charge in [0.2, 0.25) is 5.52 Å². The minimum absolute atomic E-state index is 1.21. The molecule has 0 aliphatic carbocycles. The number of hydrogen-bond donors (Lipinski definition) is 0. The average Bonchev–Trinajstić information content (AvgIpc) is 2.47. The van der Waals surface area contributed by atoms with E-state index in [0.717, 1.165) is 0 Å². The lowest BCUT2D eigenvalue weighted by molar-refractivity contribution is -0.511. The van der Waals surface area contributed by atoms with Gasteiger partial charge < -0.3 is 4.90 Å². The maximum atomic E-state index is 2.21. The van der Waals surface area contributed by atoms with Crippen LogP contribution in [0.4, 0.5) is 5.69 Å². The lowest BCUT2D eigenvalue weighted by atomic mass is 10.1.